The molecule has 0 bridgehead atoms. The Morgan fingerprint density at radius 2 is 1.94 bits per heavy atom. The third-order valence-corrected chi connectivity index (χ3v) is 2.44. The van der Waals surface area contributed by atoms with Crippen LogP contribution in [0.5, 0.6) is 0 Å². The minimum Gasteiger partial charge on any atom is -0.354 e. The van der Waals surface area contributed by atoms with Gasteiger partial charge in [-0.25, -0.2) is 0 Å². The molecule has 0 aromatic carbocycles. The van der Waals surface area contributed by atoms with Crippen LogP contribution >= 0.6 is 12.6 Å². The number of carbonyl (C=O) groups is 3. The van der Waals surface area contributed by atoms with E-state index >= 15 is 0 Å². The molecule has 5 nitrogen and oxygen atoms in total. The third kappa shape index (κ3) is 3.69. The molecule has 1 aliphatic heterocycles. The fourth-order valence-electron chi connectivity index (χ4n) is 1.29. The van der Waals surface area contributed by atoms with E-state index in [0.717, 1.165) is 11.3 Å². The van der Waals surface area contributed by atoms with Gasteiger partial charge in [0.25, 0.3) is 11.8 Å². The molecular weight excluding hydrogens is 228 g/mol. The second-order valence-electron chi connectivity index (χ2n) is 3.34. The predicted molar refractivity (Wildman–Crippen MR) is 62.0 cm³/mol. The number of amides is 3. The largest absolute Gasteiger partial charge is 0.354 e. The first-order chi connectivity index (χ1) is 7.65. The van der Waals surface area contributed by atoms with Gasteiger partial charge in [-0.3, -0.25) is 19.3 Å². The van der Waals surface area contributed by atoms with Crippen LogP contribution < -0.4 is 5.32 Å². The van der Waals surface area contributed by atoms with E-state index in [2.05, 4.69) is 17.9 Å². The van der Waals surface area contributed by atoms with Crippen LogP contribution in [0.3, 0.4) is 0 Å². The van der Waals surface area contributed by atoms with Crippen molar-refractivity contribution >= 4 is 30.4 Å². The molecule has 3 amide bonds. The van der Waals surface area contributed by atoms with Gasteiger partial charge in [-0.1, -0.05) is 0 Å². The monoisotopic (exact) mass is 242 g/mol. The maximum atomic E-state index is 11.2. The lowest BCUT2D eigenvalue weighted by Crippen LogP contribution is -2.38. The smallest absolute Gasteiger partial charge is 0.253 e. The van der Waals surface area contributed by atoms with Gasteiger partial charge < -0.3 is 5.32 Å². The number of nitrogens with zero attached hydrogens (tertiary/aromatic N) is 1. The van der Waals surface area contributed by atoms with E-state index in [4.69, 9.17) is 0 Å². The lowest BCUT2D eigenvalue weighted by Gasteiger charge is -2.13. The number of carbonyl (C=O) groups excluding carboxylic acids is 3. The Kier molecular flexibility index (Phi) is 5.04. The second kappa shape index (κ2) is 6.32. The topological polar surface area (TPSA) is 66.5 Å². The lowest BCUT2D eigenvalue weighted by molar-refractivity contribution is -0.137. The summed E-state index contributed by atoms with van der Waals surface area (Å²) in [4.78, 5) is 34.5. The number of nitrogens with one attached hydrogen (secondary N) is 1. The van der Waals surface area contributed by atoms with Crippen molar-refractivity contribution in [3.8, 4) is 0 Å². The first-order valence-electron chi connectivity index (χ1n) is 5.06. The van der Waals surface area contributed by atoms with E-state index < -0.39 is 0 Å². The molecule has 0 aromatic rings. The number of hydrogen-bond donors (Lipinski definition) is 2. The Bertz CT molecular complexity index is 310. The molecule has 0 unspecified atom stereocenters. The highest BCUT2D eigenvalue weighted by Gasteiger charge is 2.22. The number of imide groups is 1. The zero-order chi connectivity index (χ0) is 12.0. The van der Waals surface area contributed by atoms with E-state index in [0.29, 0.717) is 18.7 Å². The summed E-state index contributed by atoms with van der Waals surface area (Å²) >= 11 is 4.00. The van der Waals surface area contributed by atoms with Gasteiger partial charge >= 0.3 is 0 Å². The Balaban J connectivity index is 2.18. The summed E-state index contributed by atoms with van der Waals surface area (Å²) in [5.74, 6) is -0.0641. The summed E-state index contributed by atoms with van der Waals surface area (Å²) in [6.07, 6.45) is 3.60. The molecule has 88 valence electrons. The molecule has 0 spiro atoms. The highest BCUT2D eigenvalue weighted by atomic mass is 32.1. The Labute approximate surface area is 99.3 Å². The van der Waals surface area contributed by atoms with Crippen LogP contribution in [0.4, 0.5) is 0 Å². The summed E-state index contributed by atoms with van der Waals surface area (Å²) in [6, 6.07) is 0. The van der Waals surface area contributed by atoms with Gasteiger partial charge in [0, 0.05) is 31.7 Å². The molecule has 6 heteroatoms. The average Bonchev–Trinajstić information content (AvgIpc) is 2.57. The number of hydrogen-bond acceptors (Lipinski definition) is 4. The zero-order valence-electron chi connectivity index (χ0n) is 8.81. The first kappa shape index (κ1) is 12.8. The molecule has 0 saturated heterocycles. The molecule has 16 heavy (non-hydrogen) atoms. The maximum Gasteiger partial charge on any atom is 0.253 e. The molecule has 1 heterocycles. The zero-order valence-corrected chi connectivity index (χ0v) is 9.70. The minimum absolute atomic E-state index is 0.0823. The lowest BCUT2D eigenvalue weighted by atomic mass is 10.3. The molecule has 0 aromatic heterocycles. The van der Waals surface area contributed by atoms with Crippen LogP contribution in [-0.2, 0) is 14.4 Å². The molecule has 0 radical (unpaired) electrons. The Morgan fingerprint density at radius 1 is 1.31 bits per heavy atom. The minimum atomic E-state index is -0.324. The van der Waals surface area contributed by atoms with Crippen molar-refractivity contribution in [3.05, 3.63) is 12.2 Å². The van der Waals surface area contributed by atoms with Crippen LogP contribution in [-0.4, -0.2) is 41.5 Å². The fourth-order valence-corrected chi connectivity index (χ4v) is 1.44. The quantitative estimate of drug-likeness (QED) is 0.498. The van der Waals surface area contributed by atoms with E-state index in [1.165, 1.54) is 12.2 Å². The summed E-state index contributed by atoms with van der Waals surface area (Å²) in [5.41, 5.74) is 0. The number of rotatable bonds is 6. The molecule has 0 atom stereocenters. The molecular formula is C10H14N2O3S. The normalized spacial score (nSPS) is 14.7. The molecule has 1 aliphatic rings. The van der Waals surface area contributed by atoms with Gasteiger partial charge in [-0.15, -0.1) is 0 Å². The fraction of sp³-hybridized carbons (Fsp3) is 0.500. The maximum absolute atomic E-state index is 11.2. The summed E-state index contributed by atoms with van der Waals surface area (Å²) in [6.45, 7) is 0.516. The van der Waals surface area contributed by atoms with Crippen LogP contribution in [0, 0.1) is 0 Å². The van der Waals surface area contributed by atoms with Crippen molar-refractivity contribution < 1.29 is 14.4 Å². The van der Waals surface area contributed by atoms with Crippen LogP contribution in [0.1, 0.15) is 12.8 Å². The molecule has 0 aliphatic carbocycles. The second-order valence-corrected chi connectivity index (χ2v) is 3.79. The van der Waals surface area contributed by atoms with Crippen LogP contribution in [0.25, 0.3) is 0 Å². The van der Waals surface area contributed by atoms with E-state index in [9.17, 15) is 14.4 Å². The van der Waals surface area contributed by atoms with Gasteiger partial charge in [0.15, 0.2) is 0 Å². The van der Waals surface area contributed by atoms with Gasteiger partial charge in [-0.05, 0) is 12.2 Å². The SMILES string of the molecule is O=C(CCCS)NCCN1C(=O)C=CC1=O. The summed E-state index contributed by atoms with van der Waals surface area (Å²) in [5, 5.41) is 2.64. The molecule has 0 saturated carbocycles. The molecule has 0 fully saturated rings. The van der Waals surface area contributed by atoms with Crippen LogP contribution in [0.15, 0.2) is 12.2 Å². The van der Waals surface area contributed by atoms with Gasteiger partial charge in [0.2, 0.25) is 5.91 Å². The van der Waals surface area contributed by atoms with Crippen molar-refractivity contribution in [1.82, 2.24) is 10.2 Å². The van der Waals surface area contributed by atoms with E-state index in [-0.39, 0.29) is 24.3 Å². The summed E-state index contributed by atoms with van der Waals surface area (Å²) in [7, 11) is 0. The Morgan fingerprint density at radius 3 is 2.50 bits per heavy atom. The van der Waals surface area contributed by atoms with Crippen molar-refractivity contribution in [2.75, 3.05) is 18.8 Å². The number of thiol groups is 1. The predicted octanol–water partition coefficient (Wildman–Crippen LogP) is -0.262. The summed E-state index contributed by atoms with van der Waals surface area (Å²) < 4.78 is 0. The highest BCUT2D eigenvalue weighted by molar-refractivity contribution is 7.80. The van der Waals surface area contributed by atoms with Gasteiger partial charge in [0.05, 0.1) is 0 Å². The van der Waals surface area contributed by atoms with E-state index in [1.807, 2.05) is 0 Å². The average molecular weight is 242 g/mol. The van der Waals surface area contributed by atoms with Crippen molar-refractivity contribution in [3.63, 3.8) is 0 Å². The third-order valence-electron chi connectivity index (χ3n) is 2.12. The van der Waals surface area contributed by atoms with Crippen LogP contribution in [0.2, 0.25) is 0 Å². The molecule has 1 rings (SSSR count). The highest BCUT2D eigenvalue weighted by Crippen LogP contribution is 2.01. The van der Waals surface area contributed by atoms with Crippen molar-refractivity contribution in [2.45, 2.75) is 12.8 Å². The van der Waals surface area contributed by atoms with E-state index in [1.54, 1.807) is 0 Å². The van der Waals surface area contributed by atoms with Crippen molar-refractivity contribution in [2.24, 2.45) is 0 Å². The first-order valence-corrected chi connectivity index (χ1v) is 5.69. The van der Waals surface area contributed by atoms with Gasteiger partial charge in [0.1, 0.15) is 0 Å². The molecule has 1 N–H and O–H groups in total. The standard InChI is InChI=1S/C10H14N2O3S/c13-8(2-1-7-16)11-5-6-12-9(14)3-4-10(12)15/h3-4,16H,1-2,5-7H2,(H,11,13). The Hall–Kier alpha value is -1.30. The van der Waals surface area contributed by atoms with Gasteiger partial charge in [-0.2, -0.15) is 12.6 Å². The van der Waals surface area contributed by atoms with Crippen molar-refractivity contribution in [1.29, 1.82) is 0 Å².